The van der Waals surface area contributed by atoms with Crippen LogP contribution in [0, 0.1) is 13.8 Å². The number of hydrogen-bond acceptors (Lipinski definition) is 4. The van der Waals surface area contributed by atoms with Gasteiger partial charge in [0.15, 0.2) is 0 Å². The minimum absolute atomic E-state index is 0.138. The van der Waals surface area contributed by atoms with E-state index in [1.165, 1.54) is 7.11 Å². The molecule has 1 fully saturated rings. The zero-order valence-corrected chi connectivity index (χ0v) is 15.0. The highest BCUT2D eigenvalue weighted by Crippen LogP contribution is 2.31. The Bertz CT molecular complexity index is 603. The number of benzene rings is 1. The van der Waals surface area contributed by atoms with Gasteiger partial charge >= 0.3 is 5.97 Å². The maximum absolute atomic E-state index is 12.6. The van der Waals surface area contributed by atoms with E-state index < -0.39 is 5.54 Å². The first-order valence-corrected chi connectivity index (χ1v) is 8.38. The number of amides is 1. The normalized spacial score (nSPS) is 23.6. The van der Waals surface area contributed by atoms with E-state index in [2.05, 4.69) is 5.32 Å². The van der Waals surface area contributed by atoms with E-state index >= 15 is 0 Å². The maximum atomic E-state index is 12.6. The molecule has 1 saturated carbocycles. The van der Waals surface area contributed by atoms with Crippen LogP contribution >= 0.6 is 0 Å². The van der Waals surface area contributed by atoms with E-state index in [1.54, 1.807) is 7.11 Å². The van der Waals surface area contributed by atoms with E-state index in [1.807, 2.05) is 32.0 Å². The molecule has 0 aromatic heterocycles. The molecule has 5 nitrogen and oxygen atoms in total. The Morgan fingerprint density at radius 1 is 1.21 bits per heavy atom. The SMILES string of the molecule is COC(=O)[C@]1(NC(=O)Cc2cc(C)ccc2C)CC[C@@H](OC)CC1. The summed E-state index contributed by atoms with van der Waals surface area (Å²) in [5, 5.41) is 2.95. The molecule has 0 heterocycles. The van der Waals surface area contributed by atoms with Crippen LogP contribution in [0.1, 0.15) is 42.4 Å². The van der Waals surface area contributed by atoms with Crippen molar-refractivity contribution in [3.8, 4) is 0 Å². The average molecular weight is 333 g/mol. The lowest BCUT2D eigenvalue weighted by Gasteiger charge is -2.38. The Hall–Kier alpha value is -1.88. The number of carbonyl (C=O) groups excluding carboxylic acids is 2. The second-order valence-electron chi connectivity index (χ2n) is 6.66. The van der Waals surface area contributed by atoms with Crippen LogP contribution in [-0.2, 0) is 25.5 Å². The third kappa shape index (κ3) is 4.15. The second kappa shape index (κ2) is 7.79. The Kier molecular flexibility index (Phi) is 5.99. The molecule has 1 aliphatic carbocycles. The molecule has 1 amide bonds. The highest BCUT2D eigenvalue weighted by Gasteiger charge is 2.44. The Morgan fingerprint density at radius 3 is 2.46 bits per heavy atom. The predicted octanol–water partition coefficient (Wildman–Crippen LogP) is 2.46. The van der Waals surface area contributed by atoms with E-state index in [0.29, 0.717) is 12.8 Å². The van der Waals surface area contributed by atoms with Crippen LogP contribution in [0.25, 0.3) is 0 Å². The van der Waals surface area contributed by atoms with Gasteiger partial charge < -0.3 is 14.8 Å². The fourth-order valence-corrected chi connectivity index (χ4v) is 3.37. The summed E-state index contributed by atoms with van der Waals surface area (Å²) in [6.07, 6.45) is 2.94. The molecule has 0 unspecified atom stereocenters. The largest absolute Gasteiger partial charge is 0.467 e. The summed E-state index contributed by atoms with van der Waals surface area (Å²) in [5.41, 5.74) is 2.24. The maximum Gasteiger partial charge on any atom is 0.331 e. The summed E-state index contributed by atoms with van der Waals surface area (Å²) in [5.74, 6) is -0.517. The number of carbonyl (C=O) groups is 2. The second-order valence-corrected chi connectivity index (χ2v) is 6.66. The van der Waals surface area contributed by atoms with E-state index in [9.17, 15) is 9.59 Å². The zero-order valence-electron chi connectivity index (χ0n) is 15.0. The number of esters is 1. The lowest BCUT2D eigenvalue weighted by Crippen LogP contribution is -2.57. The van der Waals surface area contributed by atoms with Crippen molar-refractivity contribution in [1.29, 1.82) is 0 Å². The predicted molar refractivity (Wildman–Crippen MR) is 91.8 cm³/mol. The Morgan fingerprint density at radius 2 is 1.88 bits per heavy atom. The van der Waals surface area contributed by atoms with Crippen LogP contribution < -0.4 is 5.32 Å². The van der Waals surface area contributed by atoms with E-state index in [-0.39, 0.29) is 24.4 Å². The molecule has 0 atom stereocenters. The number of methoxy groups -OCH3 is 2. The van der Waals surface area contributed by atoms with Crippen LogP contribution in [0.5, 0.6) is 0 Å². The zero-order chi connectivity index (χ0) is 17.7. The van der Waals surface area contributed by atoms with Crippen LogP contribution in [0.3, 0.4) is 0 Å². The van der Waals surface area contributed by atoms with Crippen LogP contribution in [-0.4, -0.2) is 37.7 Å². The van der Waals surface area contributed by atoms with E-state index in [0.717, 1.165) is 29.5 Å². The molecule has 5 heteroatoms. The quantitative estimate of drug-likeness (QED) is 0.841. The molecule has 1 aromatic rings. The third-order valence-corrected chi connectivity index (χ3v) is 4.93. The fourth-order valence-electron chi connectivity index (χ4n) is 3.37. The van der Waals surface area contributed by atoms with Gasteiger partial charge in [-0.15, -0.1) is 0 Å². The topological polar surface area (TPSA) is 64.6 Å². The first-order valence-electron chi connectivity index (χ1n) is 8.38. The smallest absolute Gasteiger partial charge is 0.331 e. The van der Waals surface area contributed by atoms with Crippen molar-refractivity contribution in [2.24, 2.45) is 0 Å². The molecule has 0 saturated heterocycles. The van der Waals surface area contributed by atoms with Crippen molar-refractivity contribution in [2.45, 2.75) is 57.6 Å². The molecule has 2 rings (SSSR count). The third-order valence-electron chi connectivity index (χ3n) is 4.93. The molecule has 1 N–H and O–H groups in total. The van der Waals surface area contributed by atoms with Gasteiger partial charge in [0, 0.05) is 7.11 Å². The van der Waals surface area contributed by atoms with Gasteiger partial charge in [-0.1, -0.05) is 23.8 Å². The lowest BCUT2D eigenvalue weighted by molar-refractivity contribution is -0.153. The van der Waals surface area contributed by atoms with Crippen molar-refractivity contribution < 1.29 is 19.1 Å². The number of hydrogen-bond donors (Lipinski definition) is 1. The summed E-state index contributed by atoms with van der Waals surface area (Å²) in [6, 6.07) is 6.05. The number of nitrogens with one attached hydrogen (secondary N) is 1. The first kappa shape index (κ1) is 18.5. The minimum atomic E-state index is -0.932. The van der Waals surface area contributed by atoms with Crippen molar-refractivity contribution in [1.82, 2.24) is 5.32 Å². The number of aryl methyl sites for hydroxylation is 2. The fraction of sp³-hybridized carbons (Fsp3) is 0.579. The van der Waals surface area contributed by atoms with Gasteiger partial charge in [0.05, 0.1) is 19.6 Å². The monoisotopic (exact) mass is 333 g/mol. The van der Waals surface area contributed by atoms with Crippen molar-refractivity contribution in [3.63, 3.8) is 0 Å². The number of rotatable bonds is 5. The molecule has 0 radical (unpaired) electrons. The standard InChI is InChI=1S/C19H27NO4/c1-13-5-6-14(2)15(11-13)12-17(21)20-19(18(22)24-4)9-7-16(23-3)8-10-19/h5-6,11,16H,7-10,12H2,1-4H3,(H,20,21)/t16-,19+. The Balaban J connectivity index is 2.10. The van der Waals surface area contributed by atoms with Gasteiger partial charge in [0.25, 0.3) is 0 Å². The summed E-state index contributed by atoms with van der Waals surface area (Å²) in [7, 11) is 3.04. The minimum Gasteiger partial charge on any atom is -0.467 e. The first-order chi connectivity index (χ1) is 11.4. The average Bonchev–Trinajstić information content (AvgIpc) is 2.58. The summed E-state index contributed by atoms with van der Waals surface area (Å²) < 4.78 is 10.3. The summed E-state index contributed by atoms with van der Waals surface area (Å²) >= 11 is 0. The van der Waals surface area contributed by atoms with Crippen LogP contribution in [0.2, 0.25) is 0 Å². The summed E-state index contributed by atoms with van der Waals surface area (Å²) in [6.45, 7) is 3.99. The van der Waals surface area contributed by atoms with Gasteiger partial charge in [-0.25, -0.2) is 4.79 Å². The summed E-state index contributed by atoms with van der Waals surface area (Å²) in [4.78, 5) is 24.9. The molecular formula is C19H27NO4. The van der Waals surface area contributed by atoms with E-state index in [4.69, 9.17) is 9.47 Å². The highest BCUT2D eigenvalue weighted by atomic mass is 16.5. The molecule has 132 valence electrons. The van der Waals surface area contributed by atoms with Gasteiger partial charge in [-0.2, -0.15) is 0 Å². The van der Waals surface area contributed by atoms with Crippen LogP contribution in [0.4, 0.5) is 0 Å². The van der Waals surface area contributed by atoms with Gasteiger partial charge in [0.2, 0.25) is 5.91 Å². The molecule has 0 spiro atoms. The highest BCUT2D eigenvalue weighted by molar-refractivity contribution is 5.89. The van der Waals surface area contributed by atoms with Crippen LogP contribution in [0.15, 0.2) is 18.2 Å². The molecule has 1 aliphatic rings. The van der Waals surface area contributed by atoms with Crippen molar-refractivity contribution >= 4 is 11.9 Å². The van der Waals surface area contributed by atoms with Crippen molar-refractivity contribution in [3.05, 3.63) is 34.9 Å². The molecular weight excluding hydrogens is 306 g/mol. The molecule has 1 aromatic carbocycles. The molecule has 24 heavy (non-hydrogen) atoms. The van der Waals surface area contributed by atoms with Gasteiger partial charge in [-0.05, 0) is 50.7 Å². The van der Waals surface area contributed by atoms with Gasteiger partial charge in [-0.3, -0.25) is 4.79 Å². The lowest BCUT2D eigenvalue weighted by atomic mass is 9.80. The molecule has 0 bridgehead atoms. The van der Waals surface area contributed by atoms with Crippen molar-refractivity contribution in [2.75, 3.05) is 14.2 Å². The number of ether oxygens (including phenoxy) is 2. The molecule has 0 aliphatic heterocycles. The van der Waals surface area contributed by atoms with Gasteiger partial charge in [0.1, 0.15) is 5.54 Å². The Labute approximate surface area is 143 Å².